The maximum Gasteiger partial charge on any atom is 0.184 e. The van der Waals surface area contributed by atoms with Crippen LogP contribution in [0.2, 0.25) is 19.6 Å². The molecule has 0 aliphatic heterocycles. The summed E-state index contributed by atoms with van der Waals surface area (Å²) in [5.74, 6) is 0. The second kappa shape index (κ2) is 6.84. The van der Waals surface area contributed by atoms with Crippen molar-refractivity contribution in [3.63, 3.8) is 0 Å². The molecule has 18 heavy (non-hydrogen) atoms. The normalized spacial score (nSPS) is 15.0. The molecule has 1 unspecified atom stereocenters. The van der Waals surface area contributed by atoms with Gasteiger partial charge in [-0.2, -0.15) is 0 Å². The van der Waals surface area contributed by atoms with Crippen molar-refractivity contribution in [2.75, 3.05) is 0 Å². The van der Waals surface area contributed by atoms with Gasteiger partial charge in [0, 0.05) is 0 Å². The minimum atomic E-state index is -1.61. The van der Waals surface area contributed by atoms with Crippen molar-refractivity contribution >= 4 is 62.2 Å². The van der Waals surface area contributed by atoms with Gasteiger partial charge in [-0.1, -0.05) is 90.3 Å². The van der Waals surface area contributed by atoms with Crippen molar-refractivity contribution in [1.82, 2.24) is 0 Å². The summed E-state index contributed by atoms with van der Waals surface area (Å²) in [6, 6.07) is 10.2. The molecule has 0 N–H and O–H groups in total. The monoisotopic (exact) mass is 454 g/mol. The van der Waals surface area contributed by atoms with Crippen LogP contribution in [0.1, 0.15) is 5.56 Å². The number of alkyl halides is 3. The van der Waals surface area contributed by atoms with Crippen molar-refractivity contribution < 1.29 is 4.43 Å². The molecule has 5 heteroatoms. The van der Waals surface area contributed by atoms with E-state index < -0.39 is 10.5 Å². The standard InChI is InChI=1S/C13H17Br3OSi/c1-18(2,3)17-12(13(14,15)16)10-9-11-7-5-4-6-8-11/h4-10,12H,1-3H3/b10-9+. The zero-order chi connectivity index (χ0) is 13.8. The van der Waals surface area contributed by atoms with Gasteiger partial charge in [-0.15, -0.1) is 0 Å². The first kappa shape index (κ1) is 16.6. The molecule has 1 aromatic rings. The molecule has 0 aliphatic carbocycles. The van der Waals surface area contributed by atoms with Gasteiger partial charge in [0.2, 0.25) is 0 Å². The Labute approximate surface area is 136 Å². The van der Waals surface area contributed by atoms with E-state index >= 15 is 0 Å². The van der Waals surface area contributed by atoms with Crippen LogP contribution in [0.15, 0.2) is 36.4 Å². The highest BCUT2D eigenvalue weighted by Gasteiger charge is 2.33. The maximum absolute atomic E-state index is 6.14. The molecule has 0 radical (unpaired) electrons. The van der Waals surface area contributed by atoms with Gasteiger partial charge >= 0.3 is 0 Å². The van der Waals surface area contributed by atoms with E-state index in [1.807, 2.05) is 18.2 Å². The molecule has 0 saturated carbocycles. The molecule has 0 saturated heterocycles. The second-order valence-corrected chi connectivity index (χ2v) is 16.4. The van der Waals surface area contributed by atoms with Crippen LogP contribution in [0.4, 0.5) is 0 Å². The van der Waals surface area contributed by atoms with Crippen LogP contribution in [-0.2, 0) is 4.43 Å². The lowest BCUT2D eigenvalue weighted by atomic mass is 10.2. The molecule has 0 aliphatic rings. The third-order valence-corrected chi connectivity index (χ3v) is 4.38. The minimum Gasteiger partial charge on any atom is -0.408 e. The Morgan fingerprint density at radius 2 is 1.67 bits per heavy atom. The molecule has 0 aromatic heterocycles. The molecule has 0 heterocycles. The molecule has 1 nitrogen and oxygen atoms in total. The Morgan fingerprint density at radius 3 is 2.11 bits per heavy atom. The number of hydrogen-bond acceptors (Lipinski definition) is 1. The van der Waals surface area contributed by atoms with E-state index in [-0.39, 0.29) is 6.10 Å². The number of rotatable bonds is 4. The summed E-state index contributed by atoms with van der Waals surface area (Å²) in [7, 11) is -1.61. The van der Waals surface area contributed by atoms with Crippen LogP contribution in [0.25, 0.3) is 6.08 Å². The first-order valence-electron chi connectivity index (χ1n) is 5.66. The van der Waals surface area contributed by atoms with Gasteiger partial charge in [-0.25, -0.2) is 0 Å². The fourth-order valence-corrected chi connectivity index (χ4v) is 3.63. The topological polar surface area (TPSA) is 9.23 Å². The van der Waals surface area contributed by atoms with E-state index in [4.69, 9.17) is 4.43 Å². The van der Waals surface area contributed by atoms with E-state index in [0.717, 1.165) is 0 Å². The smallest absolute Gasteiger partial charge is 0.184 e. The van der Waals surface area contributed by atoms with Crippen LogP contribution in [-0.4, -0.2) is 16.6 Å². The lowest BCUT2D eigenvalue weighted by molar-refractivity contribution is 0.258. The Hall–Kier alpha value is 0.577. The summed E-state index contributed by atoms with van der Waals surface area (Å²) in [6.07, 6.45) is 4.05. The average Bonchev–Trinajstić information content (AvgIpc) is 2.22. The molecular weight excluding hydrogens is 440 g/mol. The van der Waals surface area contributed by atoms with E-state index in [1.165, 1.54) is 5.56 Å². The van der Waals surface area contributed by atoms with Gasteiger partial charge in [0.1, 0.15) is 0 Å². The SMILES string of the molecule is C[Si](C)(C)OC(/C=C/c1ccccc1)C(Br)(Br)Br. The maximum atomic E-state index is 6.14. The summed E-state index contributed by atoms with van der Waals surface area (Å²) in [5.41, 5.74) is 1.17. The first-order chi connectivity index (χ1) is 8.18. The second-order valence-electron chi connectivity index (χ2n) is 4.96. The van der Waals surface area contributed by atoms with Crippen molar-refractivity contribution in [2.24, 2.45) is 0 Å². The Balaban J connectivity index is 2.83. The Bertz CT molecular complexity index is 393. The van der Waals surface area contributed by atoms with E-state index in [2.05, 4.69) is 91.7 Å². The van der Waals surface area contributed by atoms with Crippen molar-refractivity contribution in [3.8, 4) is 0 Å². The van der Waals surface area contributed by atoms with E-state index in [1.54, 1.807) is 0 Å². The average molecular weight is 457 g/mol. The Morgan fingerprint density at radius 1 is 1.11 bits per heavy atom. The number of hydrogen-bond donors (Lipinski definition) is 0. The molecule has 1 aromatic carbocycles. The molecule has 0 bridgehead atoms. The molecule has 1 atom stereocenters. The minimum absolute atomic E-state index is 0.0793. The van der Waals surface area contributed by atoms with Crippen LogP contribution in [0.3, 0.4) is 0 Å². The predicted molar refractivity (Wildman–Crippen MR) is 93.2 cm³/mol. The van der Waals surface area contributed by atoms with Crippen molar-refractivity contribution in [1.29, 1.82) is 0 Å². The van der Waals surface area contributed by atoms with Crippen molar-refractivity contribution in [2.45, 2.75) is 27.9 Å². The molecule has 0 amide bonds. The number of benzene rings is 1. The van der Waals surface area contributed by atoms with Gasteiger partial charge in [0.25, 0.3) is 0 Å². The van der Waals surface area contributed by atoms with Crippen molar-refractivity contribution in [3.05, 3.63) is 42.0 Å². The predicted octanol–water partition coefficient (Wildman–Crippen LogP) is 5.76. The fraction of sp³-hybridized carbons (Fsp3) is 0.385. The highest BCUT2D eigenvalue weighted by molar-refractivity contribution is 9.39. The highest BCUT2D eigenvalue weighted by atomic mass is 80.0. The van der Waals surface area contributed by atoms with Crippen LogP contribution in [0, 0.1) is 0 Å². The van der Waals surface area contributed by atoms with Crippen LogP contribution < -0.4 is 0 Å². The van der Waals surface area contributed by atoms with Gasteiger partial charge in [0.15, 0.2) is 10.5 Å². The summed E-state index contributed by atoms with van der Waals surface area (Å²) in [4.78, 5) is 0. The van der Waals surface area contributed by atoms with Gasteiger partial charge in [-0.05, 0) is 25.2 Å². The van der Waals surface area contributed by atoms with Crippen LogP contribution >= 0.6 is 47.8 Å². The lowest BCUT2D eigenvalue weighted by Crippen LogP contribution is -2.37. The van der Waals surface area contributed by atoms with E-state index in [0.29, 0.717) is 0 Å². The van der Waals surface area contributed by atoms with Gasteiger partial charge in [-0.3, -0.25) is 0 Å². The van der Waals surface area contributed by atoms with Gasteiger partial charge in [0.05, 0.1) is 6.10 Å². The summed E-state index contributed by atoms with van der Waals surface area (Å²) < 4.78 is 5.70. The molecule has 1 rings (SSSR count). The summed E-state index contributed by atoms with van der Waals surface area (Å²) >= 11 is 10.7. The summed E-state index contributed by atoms with van der Waals surface area (Å²) in [5, 5.41) is 0. The molecule has 0 fully saturated rings. The molecule has 100 valence electrons. The number of halogens is 3. The third-order valence-electron chi connectivity index (χ3n) is 2.07. The zero-order valence-electron chi connectivity index (χ0n) is 10.7. The van der Waals surface area contributed by atoms with Crippen LogP contribution in [0.5, 0.6) is 0 Å². The summed E-state index contributed by atoms with van der Waals surface area (Å²) in [6.45, 7) is 6.53. The van der Waals surface area contributed by atoms with E-state index in [9.17, 15) is 0 Å². The Kier molecular flexibility index (Phi) is 6.32. The van der Waals surface area contributed by atoms with Gasteiger partial charge < -0.3 is 4.43 Å². The first-order valence-corrected chi connectivity index (χ1v) is 11.4. The third kappa shape index (κ3) is 6.66. The quantitative estimate of drug-likeness (QED) is 0.413. The lowest BCUT2D eigenvalue weighted by Gasteiger charge is -2.30. The highest BCUT2D eigenvalue weighted by Crippen LogP contribution is 2.40. The zero-order valence-corrected chi connectivity index (χ0v) is 16.4. The molecular formula is C13H17Br3OSi. The fourth-order valence-electron chi connectivity index (χ4n) is 1.36. The largest absolute Gasteiger partial charge is 0.408 e. The molecule has 0 spiro atoms.